The number of ether oxygens (including phenoxy) is 3. The summed E-state index contributed by atoms with van der Waals surface area (Å²) in [4.78, 5) is 8.64. The predicted octanol–water partition coefficient (Wildman–Crippen LogP) is 1.93. The smallest absolute Gasteiger partial charge is 0.165 e. The molecule has 2 aromatic rings. The highest BCUT2D eigenvalue weighted by molar-refractivity contribution is 5.78. The van der Waals surface area contributed by atoms with Gasteiger partial charge in [-0.05, 0) is 26.8 Å². The van der Waals surface area contributed by atoms with Crippen LogP contribution in [0.25, 0.3) is 11.0 Å². The van der Waals surface area contributed by atoms with Gasteiger partial charge in [-0.3, -0.25) is 0 Å². The average Bonchev–Trinajstić information content (AvgIpc) is 3.24. The Kier molecular flexibility index (Phi) is 4.24. The average molecular weight is 357 g/mol. The first-order valence-corrected chi connectivity index (χ1v) is 8.87. The van der Waals surface area contributed by atoms with E-state index in [1.54, 1.807) is 0 Å². The Labute approximate surface area is 152 Å². The van der Waals surface area contributed by atoms with Gasteiger partial charge in [0, 0.05) is 18.0 Å². The monoisotopic (exact) mass is 357 g/mol. The minimum absolute atomic E-state index is 0.362. The summed E-state index contributed by atoms with van der Waals surface area (Å²) in [5.74, 6) is 5.00. The molecule has 0 spiro atoms. The number of hydrogen-bond acceptors (Lipinski definition) is 6. The molecule has 0 amide bonds. The summed E-state index contributed by atoms with van der Waals surface area (Å²) in [5.41, 5.74) is 1.67. The summed E-state index contributed by atoms with van der Waals surface area (Å²) in [6, 6.07) is 1.96. The Morgan fingerprint density at radius 2 is 2.08 bits per heavy atom. The van der Waals surface area contributed by atoms with Crippen molar-refractivity contribution in [2.24, 2.45) is 0 Å². The Balaban J connectivity index is 1.73. The third-order valence-electron chi connectivity index (χ3n) is 4.79. The van der Waals surface area contributed by atoms with Crippen molar-refractivity contribution in [2.75, 3.05) is 0 Å². The Morgan fingerprint density at radius 3 is 2.85 bits per heavy atom. The molecule has 0 aliphatic carbocycles. The van der Waals surface area contributed by atoms with Gasteiger partial charge >= 0.3 is 0 Å². The molecule has 1 N–H and O–H groups in total. The Hall–Kier alpha value is -1.98. The zero-order valence-corrected chi connectivity index (χ0v) is 15.3. The second-order valence-corrected chi connectivity index (χ2v) is 7.09. The molecular formula is C19H23N3O4. The van der Waals surface area contributed by atoms with Crippen molar-refractivity contribution in [1.82, 2.24) is 14.5 Å². The zero-order valence-electron chi connectivity index (χ0n) is 15.3. The maximum absolute atomic E-state index is 10.5. The van der Waals surface area contributed by atoms with Crippen molar-refractivity contribution >= 4 is 11.0 Å². The molecule has 0 radical (unpaired) electrons. The number of aliphatic hydroxyl groups excluding tert-OH is 1. The molecular weight excluding hydrogens is 334 g/mol. The first-order valence-electron chi connectivity index (χ1n) is 8.87. The van der Waals surface area contributed by atoms with E-state index in [9.17, 15) is 5.11 Å². The molecule has 2 aromatic heterocycles. The van der Waals surface area contributed by atoms with Crippen LogP contribution in [0, 0.1) is 18.8 Å². The number of rotatable bonds is 2. The maximum Gasteiger partial charge on any atom is 0.165 e. The normalized spacial score (nSPS) is 30.8. The van der Waals surface area contributed by atoms with Crippen LogP contribution in [0.3, 0.4) is 0 Å². The number of nitrogens with zero attached hydrogens (tertiary/aromatic N) is 3. The molecule has 7 heteroatoms. The fourth-order valence-electron chi connectivity index (χ4n) is 3.68. The lowest BCUT2D eigenvalue weighted by atomic mass is 10.1. The highest BCUT2D eigenvalue weighted by Crippen LogP contribution is 2.44. The fraction of sp³-hybridized carbons (Fsp3) is 0.579. The van der Waals surface area contributed by atoms with Gasteiger partial charge < -0.3 is 23.9 Å². The molecule has 0 saturated carbocycles. The van der Waals surface area contributed by atoms with Crippen LogP contribution in [0.15, 0.2) is 18.6 Å². The number of aryl methyl sites for hydroxylation is 1. The minimum Gasteiger partial charge on any atom is -0.378 e. The van der Waals surface area contributed by atoms with Gasteiger partial charge in [-0.2, -0.15) is 0 Å². The first kappa shape index (κ1) is 17.4. The molecule has 4 rings (SSSR count). The Bertz CT molecular complexity index is 882. The first-order chi connectivity index (χ1) is 12.4. The van der Waals surface area contributed by atoms with Crippen molar-refractivity contribution in [1.29, 1.82) is 0 Å². The standard InChI is InChI=1S/C19H23N3O4/c1-5-6-7-13(23)14-15-16(26-19(3,4)25-15)18(24-14)22-9-8-12-11(2)20-10-21-17(12)22/h8-10,13-16,18,23H,5H2,1-4H3/t13?,14-,15+,16+,18+/m0/s1. The van der Waals surface area contributed by atoms with Gasteiger partial charge in [0.05, 0.1) is 5.69 Å². The molecule has 2 saturated heterocycles. The number of hydrogen-bond donors (Lipinski definition) is 1. The third kappa shape index (κ3) is 2.79. The number of aromatic nitrogens is 3. The lowest BCUT2D eigenvalue weighted by molar-refractivity contribution is -0.203. The molecule has 0 bridgehead atoms. The second kappa shape index (κ2) is 6.32. The van der Waals surface area contributed by atoms with Crippen molar-refractivity contribution in [3.05, 3.63) is 24.3 Å². The molecule has 2 aliphatic heterocycles. The molecule has 1 unspecified atom stereocenters. The molecule has 26 heavy (non-hydrogen) atoms. The van der Waals surface area contributed by atoms with E-state index in [1.165, 1.54) is 6.33 Å². The summed E-state index contributed by atoms with van der Waals surface area (Å²) in [5, 5.41) is 11.5. The lowest BCUT2D eigenvalue weighted by Gasteiger charge is -2.25. The van der Waals surface area contributed by atoms with Gasteiger partial charge in [0.2, 0.25) is 0 Å². The van der Waals surface area contributed by atoms with E-state index in [1.807, 2.05) is 44.5 Å². The predicted molar refractivity (Wildman–Crippen MR) is 94.1 cm³/mol. The van der Waals surface area contributed by atoms with Crippen molar-refractivity contribution in [3.63, 3.8) is 0 Å². The van der Waals surface area contributed by atoms with Crippen LogP contribution in [0.5, 0.6) is 0 Å². The van der Waals surface area contributed by atoms with Crippen LogP contribution in [-0.2, 0) is 14.2 Å². The molecule has 7 nitrogen and oxygen atoms in total. The second-order valence-electron chi connectivity index (χ2n) is 7.09. The van der Waals surface area contributed by atoms with Gasteiger partial charge in [-0.25, -0.2) is 9.97 Å². The van der Waals surface area contributed by atoms with Gasteiger partial charge in [0.15, 0.2) is 12.0 Å². The van der Waals surface area contributed by atoms with E-state index < -0.39 is 30.3 Å². The molecule has 138 valence electrons. The van der Waals surface area contributed by atoms with E-state index in [4.69, 9.17) is 14.2 Å². The third-order valence-corrected chi connectivity index (χ3v) is 4.79. The number of aliphatic hydroxyl groups is 1. The largest absolute Gasteiger partial charge is 0.378 e. The maximum atomic E-state index is 10.5. The summed E-state index contributed by atoms with van der Waals surface area (Å²) >= 11 is 0. The van der Waals surface area contributed by atoms with Crippen LogP contribution in [0.2, 0.25) is 0 Å². The van der Waals surface area contributed by atoms with Crippen LogP contribution in [0.1, 0.15) is 39.1 Å². The number of fused-ring (bicyclic) bond motifs is 2. The van der Waals surface area contributed by atoms with E-state index >= 15 is 0 Å². The van der Waals surface area contributed by atoms with Crippen LogP contribution < -0.4 is 0 Å². The Morgan fingerprint density at radius 1 is 1.31 bits per heavy atom. The quantitative estimate of drug-likeness (QED) is 0.828. The molecule has 0 aromatic carbocycles. The van der Waals surface area contributed by atoms with Gasteiger partial charge in [0.25, 0.3) is 0 Å². The van der Waals surface area contributed by atoms with Crippen molar-refractivity contribution in [3.8, 4) is 11.8 Å². The van der Waals surface area contributed by atoms with Crippen molar-refractivity contribution in [2.45, 2.75) is 70.5 Å². The van der Waals surface area contributed by atoms with Crippen molar-refractivity contribution < 1.29 is 19.3 Å². The minimum atomic E-state index is -0.942. The van der Waals surface area contributed by atoms with E-state index in [0.29, 0.717) is 6.42 Å². The van der Waals surface area contributed by atoms with Crippen LogP contribution >= 0.6 is 0 Å². The van der Waals surface area contributed by atoms with E-state index in [-0.39, 0.29) is 6.10 Å². The highest BCUT2D eigenvalue weighted by atomic mass is 16.8. The van der Waals surface area contributed by atoms with Gasteiger partial charge in [-0.1, -0.05) is 12.8 Å². The van der Waals surface area contributed by atoms with Gasteiger partial charge in [-0.15, -0.1) is 5.92 Å². The van der Waals surface area contributed by atoms with Gasteiger partial charge in [0.1, 0.15) is 36.4 Å². The molecule has 5 atom stereocenters. The summed E-state index contributed by atoms with van der Waals surface area (Å²) in [7, 11) is 0. The lowest BCUT2D eigenvalue weighted by Crippen LogP contribution is -2.37. The SMILES string of the molecule is CCC#CC(O)[C@@H]1O[C@@H](n2ccc3c(C)ncnc32)[C@@H]2OC(C)(C)O[C@@H]21. The summed E-state index contributed by atoms with van der Waals surface area (Å²) in [6.45, 7) is 7.61. The topological polar surface area (TPSA) is 78.6 Å². The highest BCUT2D eigenvalue weighted by Gasteiger charge is 2.57. The summed E-state index contributed by atoms with van der Waals surface area (Å²) < 4.78 is 20.2. The fourth-order valence-corrected chi connectivity index (χ4v) is 3.68. The molecule has 2 aliphatic rings. The van der Waals surface area contributed by atoms with Crippen LogP contribution in [-0.4, -0.2) is 49.8 Å². The van der Waals surface area contributed by atoms with E-state index in [2.05, 4.69) is 21.8 Å². The van der Waals surface area contributed by atoms with E-state index in [0.717, 1.165) is 16.7 Å². The molecule has 2 fully saturated rings. The van der Waals surface area contributed by atoms with Crippen LogP contribution in [0.4, 0.5) is 0 Å². The molecule has 4 heterocycles. The summed E-state index contributed by atoms with van der Waals surface area (Å²) in [6.07, 6.45) is 1.36. The zero-order chi connectivity index (χ0) is 18.5.